The monoisotopic (exact) mass is 368 g/mol. The predicted molar refractivity (Wildman–Crippen MR) is 87.6 cm³/mol. The number of aromatic nitrogens is 4. The molecule has 2 aromatic rings. The fourth-order valence-corrected chi connectivity index (χ4v) is 3.79. The summed E-state index contributed by atoms with van der Waals surface area (Å²) in [6.45, 7) is 4.01. The van der Waals surface area contributed by atoms with Gasteiger partial charge in [-0.25, -0.2) is 9.97 Å². The highest BCUT2D eigenvalue weighted by Crippen LogP contribution is 2.40. The first-order valence-corrected chi connectivity index (χ1v) is 8.39. The molecule has 21 heavy (non-hydrogen) atoms. The number of aryl methyl sites for hydroxylation is 2. The Morgan fingerprint density at radius 1 is 1.19 bits per heavy atom. The summed E-state index contributed by atoms with van der Waals surface area (Å²) < 4.78 is 2.71. The largest absolute Gasteiger partial charge is 0.272 e. The van der Waals surface area contributed by atoms with E-state index in [9.17, 15) is 0 Å². The first-order valence-electron chi connectivity index (χ1n) is 7.22. The molecule has 1 aliphatic rings. The van der Waals surface area contributed by atoms with Crippen molar-refractivity contribution >= 4 is 27.5 Å². The lowest BCUT2D eigenvalue weighted by Gasteiger charge is -2.13. The number of nitrogens with zero attached hydrogens (tertiary/aromatic N) is 4. The van der Waals surface area contributed by atoms with Crippen molar-refractivity contribution in [3.05, 3.63) is 26.7 Å². The SMILES string of the molecule is Cc1nn(C)c(C)c1-c1nc(Cl)c(Br)c(C2CCCC2)n1. The molecule has 0 N–H and O–H groups in total. The molecule has 0 atom stereocenters. The molecule has 1 aliphatic carbocycles. The Morgan fingerprint density at radius 2 is 1.86 bits per heavy atom. The summed E-state index contributed by atoms with van der Waals surface area (Å²) in [6.07, 6.45) is 4.88. The van der Waals surface area contributed by atoms with Gasteiger partial charge < -0.3 is 0 Å². The van der Waals surface area contributed by atoms with Gasteiger partial charge in [-0.3, -0.25) is 4.68 Å². The molecule has 2 heterocycles. The average Bonchev–Trinajstić information content (AvgIpc) is 3.03. The van der Waals surface area contributed by atoms with Gasteiger partial charge in [-0.2, -0.15) is 5.10 Å². The van der Waals surface area contributed by atoms with E-state index in [2.05, 4.69) is 26.0 Å². The highest BCUT2D eigenvalue weighted by Gasteiger charge is 2.25. The summed E-state index contributed by atoms with van der Waals surface area (Å²) in [7, 11) is 1.93. The van der Waals surface area contributed by atoms with Crippen molar-refractivity contribution in [2.75, 3.05) is 0 Å². The molecule has 0 spiro atoms. The van der Waals surface area contributed by atoms with Gasteiger partial charge in [0.05, 0.1) is 21.4 Å². The first kappa shape index (κ1) is 15.0. The second-order valence-electron chi connectivity index (χ2n) is 5.69. The molecule has 0 unspecified atom stereocenters. The number of hydrogen-bond donors (Lipinski definition) is 0. The standard InChI is InChI=1S/C15H18BrClN4/c1-8-11(9(2)21(3)20-8)15-18-13(10-6-4-5-7-10)12(16)14(17)19-15/h10H,4-7H2,1-3H3. The van der Waals surface area contributed by atoms with Gasteiger partial charge in [-0.1, -0.05) is 24.4 Å². The van der Waals surface area contributed by atoms with E-state index in [1.165, 1.54) is 25.7 Å². The Labute approximate surface area is 138 Å². The third kappa shape index (κ3) is 2.61. The van der Waals surface area contributed by atoms with Crippen LogP contribution in [-0.2, 0) is 7.05 Å². The number of rotatable bonds is 2. The molecule has 6 heteroatoms. The Morgan fingerprint density at radius 3 is 2.43 bits per heavy atom. The van der Waals surface area contributed by atoms with Gasteiger partial charge in [-0.05, 0) is 42.6 Å². The molecular weight excluding hydrogens is 352 g/mol. The molecule has 0 radical (unpaired) electrons. The van der Waals surface area contributed by atoms with Crippen LogP contribution in [0.15, 0.2) is 4.47 Å². The van der Waals surface area contributed by atoms with Crippen LogP contribution >= 0.6 is 27.5 Å². The van der Waals surface area contributed by atoms with E-state index < -0.39 is 0 Å². The van der Waals surface area contributed by atoms with E-state index in [4.69, 9.17) is 16.6 Å². The zero-order valence-corrected chi connectivity index (χ0v) is 14.8. The van der Waals surface area contributed by atoms with Crippen molar-refractivity contribution in [1.29, 1.82) is 0 Å². The van der Waals surface area contributed by atoms with Crippen molar-refractivity contribution in [3.63, 3.8) is 0 Å². The van der Waals surface area contributed by atoms with Gasteiger partial charge in [0.15, 0.2) is 5.82 Å². The third-order valence-corrected chi connectivity index (χ3v) is 5.59. The number of halogens is 2. The van der Waals surface area contributed by atoms with E-state index in [0.29, 0.717) is 16.9 Å². The lowest BCUT2D eigenvalue weighted by molar-refractivity contribution is 0.690. The maximum Gasteiger partial charge on any atom is 0.164 e. The van der Waals surface area contributed by atoms with Crippen LogP contribution in [-0.4, -0.2) is 19.7 Å². The van der Waals surface area contributed by atoms with Crippen LogP contribution in [0.1, 0.15) is 48.7 Å². The Balaban J connectivity index is 2.15. The Hall–Kier alpha value is -0.940. The average molecular weight is 370 g/mol. The fourth-order valence-electron chi connectivity index (χ4n) is 3.11. The van der Waals surface area contributed by atoms with E-state index in [0.717, 1.165) is 27.1 Å². The van der Waals surface area contributed by atoms with Crippen molar-refractivity contribution in [1.82, 2.24) is 19.7 Å². The van der Waals surface area contributed by atoms with E-state index >= 15 is 0 Å². The zero-order valence-electron chi connectivity index (χ0n) is 12.5. The quantitative estimate of drug-likeness (QED) is 0.728. The second kappa shape index (κ2) is 5.69. The molecule has 0 bridgehead atoms. The molecule has 0 aliphatic heterocycles. The summed E-state index contributed by atoms with van der Waals surface area (Å²) in [6, 6.07) is 0. The topological polar surface area (TPSA) is 43.6 Å². The van der Waals surface area contributed by atoms with Gasteiger partial charge in [0.1, 0.15) is 5.15 Å². The summed E-state index contributed by atoms with van der Waals surface area (Å²) in [4.78, 5) is 9.29. The summed E-state index contributed by atoms with van der Waals surface area (Å²) in [5, 5.41) is 4.94. The predicted octanol–water partition coefficient (Wildman–Crippen LogP) is 4.57. The minimum atomic E-state index is 0.482. The smallest absolute Gasteiger partial charge is 0.164 e. The number of hydrogen-bond acceptors (Lipinski definition) is 3. The lowest BCUT2D eigenvalue weighted by Crippen LogP contribution is -2.03. The summed E-state index contributed by atoms with van der Waals surface area (Å²) in [5.41, 5.74) is 4.03. The molecule has 2 aromatic heterocycles. The Bertz CT molecular complexity index is 689. The van der Waals surface area contributed by atoms with Crippen LogP contribution in [0.3, 0.4) is 0 Å². The van der Waals surface area contributed by atoms with Crippen LogP contribution in [0.4, 0.5) is 0 Å². The second-order valence-corrected chi connectivity index (χ2v) is 6.84. The fraction of sp³-hybridized carbons (Fsp3) is 0.533. The molecule has 0 aromatic carbocycles. The van der Waals surface area contributed by atoms with Crippen molar-refractivity contribution in [3.8, 4) is 11.4 Å². The highest BCUT2D eigenvalue weighted by atomic mass is 79.9. The van der Waals surface area contributed by atoms with Crippen LogP contribution < -0.4 is 0 Å². The van der Waals surface area contributed by atoms with Gasteiger partial charge in [0, 0.05) is 18.7 Å². The van der Waals surface area contributed by atoms with Crippen LogP contribution in [0.2, 0.25) is 5.15 Å². The molecule has 1 fully saturated rings. The first-order chi connectivity index (χ1) is 9.99. The molecule has 3 rings (SSSR count). The minimum absolute atomic E-state index is 0.482. The summed E-state index contributed by atoms with van der Waals surface area (Å²) >= 11 is 9.89. The maximum absolute atomic E-state index is 6.33. The molecular formula is C15H18BrClN4. The molecule has 0 saturated heterocycles. The third-order valence-electron chi connectivity index (χ3n) is 4.31. The van der Waals surface area contributed by atoms with Crippen LogP contribution in [0, 0.1) is 13.8 Å². The highest BCUT2D eigenvalue weighted by molar-refractivity contribution is 9.10. The molecule has 1 saturated carbocycles. The van der Waals surface area contributed by atoms with Gasteiger partial charge >= 0.3 is 0 Å². The van der Waals surface area contributed by atoms with Crippen molar-refractivity contribution < 1.29 is 0 Å². The van der Waals surface area contributed by atoms with E-state index in [-0.39, 0.29) is 0 Å². The van der Waals surface area contributed by atoms with E-state index in [1.54, 1.807) is 0 Å². The normalized spacial score (nSPS) is 15.9. The lowest BCUT2D eigenvalue weighted by atomic mass is 10.0. The van der Waals surface area contributed by atoms with Crippen molar-refractivity contribution in [2.24, 2.45) is 7.05 Å². The van der Waals surface area contributed by atoms with Gasteiger partial charge in [0.2, 0.25) is 0 Å². The van der Waals surface area contributed by atoms with E-state index in [1.807, 2.05) is 25.6 Å². The minimum Gasteiger partial charge on any atom is -0.272 e. The van der Waals surface area contributed by atoms with Crippen LogP contribution in [0.25, 0.3) is 11.4 Å². The van der Waals surface area contributed by atoms with Gasteiger partial charge in [0.25, 0.3) is 0 Å². The van der Waals surface area contributed by atoms with Crippen molar-refractivity contribution in [2.45, 2.75) is 45.4 Å². The molecule has 112 valence electrons. The molecule has 0 amide bonds. The molecule has 4 nitrogen and oxygen atoms in total. The Kier molecular flexibility index (Phi) is 4.06. The van der Waals surface area contributed by atoms with Gasteiger partial charge in [-0.15, -0.1) is 0 Å². The van der Waals surface area contributed by atoms with Crippen LogP contribution in [0.5, 0.6) is 0 Å². The zero-order chi connectivity index (χ0) is 15.1. The summed E-state index contributed by atoms with van der Waals surface area (Å²) in [5.74, 6) is 1.17. The maximum atomic E-state index is 6.33.